The minimum Gasteiger partial charge on any atom is -0.346 e. The van der Waals surface area contributed by atoms with Crippen LogP contribution < -0.4 is 0 Å². The van der Waals surface area contributed by atoms with Gasteiger partial charge in [-0.3, -0.25) is 14.4 Å². The van der Waals surface area contributed by atoms with Gasteiger partial charge in [0.25, 0.3) is 0 Å². The highest BCUT2D eigenvalue weighted by Gasteiger charge is 2.41. The fraction of sp³-hybridized carbons (Fsp3) is 0.458. The van der Waals surface area contributed by atoms with Gasteiger partial charge >= 0.3 is 0 Å². The first-order valence-electron chi connectivity index (χ1n) is 10.7. The third-order valence-corrected chi connectivity index (χ3v) is 5.15. The molecule has 0 saturated carbocycles. The van der Waals surface area contributed by atoms with Gasteiger partial charge in [-0.2, -0.15) is 0 Å². The zero-order valence-electron chi connectivity index (χ0n) is 18.4. The zero-order valence-corrected chi connectivity index (χ0v) is 18.4. The molecule has 0 amide bonds. The van der Waals surface area contributed by atoms with Gasteiger partial charge in [-0.25, -0.2) is 0 Å². The Morgan fingerprint density at radius 3 is 1.97 bits per heavy atom. The lowest BCUT2D eigenvalue weighted by molar-refractivity contribution is -0.164. The maximum absolute atomic E-state index is 13.3. The average molecular weight is 428 g/mol. The van der Waals surface area contributed by atoms with Crippen molar-refractivity contribution >= 4 is 28.5 Å². The van der Waals surface area contributed by atoms with Crippen molar-refractivity contribution in [2.75, 3.05) is 26.4 Å². The van der Waals surface area contributed by atoms with Crippen molar-refractivity contribution in [3.63, 3.8) is 0 Å². The molecule has 3 rings (SSSR count). The number of hydrogen-bond acceptors (Lipinski definition) is 7. The minimum atomic E-state index is -1.12. The van der Waals surface area contributed by atoms with Crippen LogP contribution in [0.3, 0.4) is 0 Å². The Kier molecular flexibility index (Phi) is 7.67. The largest absolute Gasteiger partial charge is 0.346 e. The van der Waals surface area contributed by atoms with E-state index in [0.29, 0.717) is 36.3 Å². The van der Waals surface area contributed by atoms with Crippen LogP contribution in [0.1, 0.15) is 55.6 Å². The molecule has 0 heterocycles. The molecule has 0 bridgehead atoms. The number of fused-ring (bicyclic) bond motifs is 3. The lowest BCUT2D eigenvalue weighted by Gasteiger charge is -2.32. The Morgan fingerprint density at radius 2 is 1.42 bits per heavy atom. The highest BCUT2D eigenvalue weighted by Crippen LogP contribution is 2.48. The van der Waals surface area contributed by atoms with Gasteiger partial charge in [0.15, 0.2) is 5.78 Å². The fourth-order valence-corrected chi connectivity index (χ4v) is 3.87. The predicted octanol–water partition coefficient (Wildman–Crippen LogP) is 3.36. The third-order valence-electron chi connectivity index (χ3n) is 5.15. The summed E-state index contributed by atoms with van der Waals surface area (Å²) in [6.45, 7) is 8.26. The monoisotopic (exact) mass is 428 g/mol. The molecule has 0 fully saturated rings. The number of rotatable bonds is 12. The van der Waals surface area contributed by atoms with Crippen molar-refractivity contribution in [1.29, 1.82) is 0 Å². The molecule has 0 spiro atoms. The number of Topliss-reactive ketones (excluding diaryl/α,β-unsaturated/α-hetero) is 3. The molecule has 0 N–H and O–H groups in total. The summed E-state index contributed by atoms with van der Waals surface area (Å²) in [6.07, 6.45) is -0.112. The zero-order chi connectivity index (χ0) is 22.5. The minimum absolute atomic E-state index is 0.0321. The van der Waals surface area contributed by atoms with Crippen molar-refractivity contribution in [3.05, 3.63) is 46.5 Å². The van der Waals surface area contributed by atoms with E-state index in [9.17, 15) is 14.4 Å². The summed E-state index contributed by atoms with van der Waals surface area (Å²) in [4.78, 5) is 39.3. The van der Waals surface area contributed by atoms with E-state index in [1.165, 1.54) is 0 Å². The van der Waals surface area contributed by atoms with Gasteiger partial charge in [-0.05, 0) is 45.3 Å². The number of ether oxygens (including phenoxy) is 4. The molecule has 0 atom stereocenters. The summed E-state index contributed by atoms with van der Waals surface area (Å²) in [5.41, 5.74) is 3.03. The highest BCUT2D eigenvalue weighted by atomic mass is 16.7. The first kappa shape index (κ1) is 23.2. The van der Waals surface area contributed by atoms with Crippen LogP contribution in [-0.2, 0) is 28.5 Å². The maximum atomic E-state index is 13.3. The van der Waals surface area contributed by atoms with Crippen LogP contribution in [-0.4, -0.2) is 56.4 Å². The summed E-state index contributed by atoms with van der Waals surface area (Å²) in [5, 5.41) is 0. The second kappa shape index (κ2) is 10.2. The maximum Gasteiger partial charge on any atom is 0.222 e. The second-order valence-electron chi connectivity index (χ2n) is 6.95. The van der Waals surface area contributed by atoms with Crippen LogP contribution in [0.4, 0.5) is 0 Å². The molecule has 2 aliphatic rings. The van der Waals surface area contributed by atoms with Gasteiger partial charge in [0.1, 0.15) is 0 Å². The van der Waals surface area contributed by atoms with E-state index in [1.54, 1.807) is 45.9 Å². The number of carbonyl (C=O) groups excluding carboxylic acids is 3. The van der Waals surface area contributed by atoms with Gasteiger partial charge in [0.05, 0.1) is 5.57 Å². The first-order chi connectivity index (χ1) is 15.0. The molecular formula is C24H28O7. The van der Waals surface area contributed by atoms with Crippen LogP contribution in [0.5, 0.6) is 0 Å². The van der Waals surface area contributed by atoms with Crippen molar-refractivity contribution in [2.45, 2.75) is 46.7 Å². The molecule has 7 nitrogen and oxygen atoms in total. The Balaban J connectivity index is 1.91. The predicted molar refractivity (Wildman–Crippen MR) is 114 cm³/mol. The van der Waals surface area contributed by atoms with Crippen LogP contribution in [0, 0.1) is 0 Å². The van der Waals surface area contributed by atoms with Crippen LogP contribution in [0.25, 0.3) is 11.1 Å². The normalized spacial score (nSPS) is 15.0. The van der Waals surface area contributed by atoms with Gasteiger partial charge in [0.2, 0.25) is 24.1 Å². The third kappa shape index (κ3) is 4.32. The van der Waals surface area contributed by atoms with Gasteiger partial charge in [-0.15, -0.1) is 0 Å². The molecule has 1 aromatic carbocycles. The highest BCUT2D eigenvalue weighted by molar-refractivity contribution is 6.47. The molecule has 0 saturated heterocycles. The molecule has 2 aliphatic carbocycles. The number of carbonyl (C=O) groups is 3. The molecule has 166 valence electrons. The van der Waals surface area contributed by atoms with Gasteiger partial charge < -0.3 is 18.9 Å². The fourth-order valence-electron chi connectivity index (χ4n) is 3.87. The standard InChI is InChI=1S/C24H28O7/c1-5-28-23(29-6-2)21(26)16-11-9-10-14-15-12-13-17(20(25)19(15)18(14)16)22(27)24(30-7-3)31-8-4/h9-11,13,23-24H,5-8,12H2,1-4H3. The lowest BCUT2D eigenvalue weighted by Crippen LogP contribution is -2.35. The van der Waals surface area contributed by atoms with Crippen molar-refractivity contribution in [1.82, 2.24) is 0 Å². The van der Waals surface area contributed by atoms with Gasteiger partial charge in [-0.1, -0.05) is 24.3 Å². The molecule has 0 unspecified atom stereocenters. The molecule has 31 heavy (non-hydrogen) atoms. The number of benzene rings is 1. The summed E-state index contributed by atoms with van der Waals surface area (Å²) < 4.78 is 21.7. The molecular weight excluding hydrogens is 400 g/mol. The van der Waals surface area contributed by atoms with E-state index in [-0.39, 0.29) is 24.6 Å². The van der Waals surface area contributed by atoms with Gasteiger partial charge in [0, 0.05) is 43.1 Å². The van der Waals surface area contributed by atoms with Crippen molar-refractivity contribution in [3.8, 4) is 0 Å². The Labute approximate surface area is 182 Å². The van der Waals surface area contributed by atoms with E-state index in [0.717, 1.165) is 11.1 Å². The molecule has 7 heteroatoms. The summed E-state index contributed by atoms with van der Waals surface area (Å²) >= 11 is 0. The first-order valence-corrected chi connectivity index (χ1v) is 10.7. The van der Waals surface area contributed by atoms with Crippen molar-refractivity contribution < 1.29 is 33.3 Å². The Bertz CT molecular complexity index is 929. The number of hydrogen-bond donors (Lipinski definition) is 0. The Hall–Kier alpha value is -2.45. The summed E-state index contributed by atoms with van der Waals surface area (Å²) in [5.74, 6) is -1.25. The number of allylic oxidation sites excluding steroid dienone is 3. The van der Waals surface area contributed by atoms with Crippen molar-refractivity contribution in [2.24, 2.45) is 0 Å². The van der Waals surface area contributed by atoms with E-state index in [2.05, 4.69) is 0 Å². The second-order valence-corrected chi connectivity index (χ2v) is 6.95. The quantitative estimate of drug-likeness (QED) is 0.287. The lowest BCUT2D eigenvalue weighted by atomic mass is 9.70. The average Bonchev–Trinajstić information content (AvgIpc) is 2.75. The number of ketones is 3. The molecule has 0 radical (unpaired) electrons. The SMILES string of the molecule is CCOC(OCC)C(=O)C1=CCC2=C(C1=O)c1c(C(=O)C(OCC)OCC)cccc12. The summed E-state index contributed by atoms with van der Waals surface area (Å²) in [6, 6.07) is 5.31. The van der Waals surface area contributed by atoms with E-state index in [4.69, 9.17) is 18.9 Å². The van der Waals surface area contributed by atoms with E-state index < -0.39 is 24.1 Å². The molecule has 0 aliphatic heterocycles. The Morgan fingerprint density at radius 1 is 0.871 bits per heavy atom. The molecule has 1 aromatic rings. The van der Waals surface area contributed by atoms with Crippen LogP contribution >= 0.6 is 0 Å². The smallest absolute Gasteiger partial charge is 0.222 e. The van der Waals surface area contributed by atoms with E-state index in [1.807, 2.05) is 6.07 Å². The van der Waals surface area contributed by atoms with Crippen LogP contribution in [0.15, 0.2) is 29.8 Å². The topological polar surface area (TPSA) is 88.1 Å². The molecule has 0 aromatic heterocycles. The van der Waals surface area contributed by atoms with Crippen LogP contribution in [0.2, 0.25) is 0 Å². The van der Waals surface area contributed by atoms with E-state index >= 15 is 0 Å². The summed E-state index contributed by atoms with van der Waals surface area (Å²) in [7, 11) is 0.